The smallest absolute Gasteiger partial charge is 0.254 e. The quantitative estimate of drug-likeness (QED) is 0.471. The summed E-state index contributed by atoms with van der Waals surface area (Å²) < 4.78 is 17.4. The third-order valence-corrected chi connectivity index (χ3v) is 6.62. The van der Waals surface area contributed by atoms with Crippen LogP contribution in [-0.4, -0.2) is 38.2 Å². The number of hydrogen-bond acceptors (Lipinski definition) is 4. The Hall–Kier alpha value is -3.47. The molecule has 0 spiro atoms. The molecule has 0 aromatic heterocycles. The SMILES string of the molecule is COc1cc2c(cc1OC)C(COc1cc(C)cc(C)c1)N(C(=O)c1ccc(C)c(C)c1)CC2. The summed E-state index contributed by atoms with van der Waals surface area (Å²) in [7, 11) is 3.27. The van der Waals surface area contributed by atoms with Crippen molar-refractivity contribution >= 4 is 5.91 Å². The monoisotopic (exact) mass is 459 g/mol. The Morgan fingerprint density at radius 2 is 1.56 bits per heavy atom. The molecule has 4 rings (SSSR count). The van der Waals surface area contributed by atoms with Gasteiger partial charge in [-0.25, -0.2) is 0 Å². The van der Waals surface area contributed by atoms with Gasteiger partial charge < -0.3 is 19.1 Å². The Balaban J connectivity index is 1.72. The summed E-state index contributed by atoms with van der Waals surface area (Å²) in [6.07, 6.45) is 0.742. The highest BCUT2D eigenvalue weighted by molar-refractivity contribution is 5.95. The number of hydrogen-bond donors (Lipinski definition) is 0. The summed E-state index contributed by atoms with van der Waals surface area (Å²) in [5.74, 6) is 2.17. The second kappa shape index (κ2) is 9.80. The minimum Gasteiger partial charge on any atom is -0.493 e. The molecule has 34 heavy (non-hydrogen) atoms. The zero-order chi connectivity index (χ0) is 24.4. The van der Waals surface area contributed by atoms with Crippen molar-refractivity contribution in [1.82, 2.24) is 4.90 Å². The average molecular weight is 460 g/mol. The minimum atomic E-state index is -0.251. The first-order chi connectivity index (χ1) is 16.3. The van der Waals surface area contributed by atoms with Gasteiger partial charge in [-0.3, -0.25) is 4.79 Å². The van der Waals surface area contributed by atoms with Crippen molar-refractivity contribution in [2.45, 2.75) is 40.2 Å². The van der Waals surface area contributed by atoms with Gasteiger partial charge in [-0.15, -0.1) is 0 Å². The Morgan fingerprint density at radius 3 is 2.21 bits per heavy atom. The molecule has 0 bridgehead atoms. The van der Waals surface area contributed by atoms with Crippen molar-refractivity contribution in [3.05, 3.63) is 87.5 Å². The van der Waals surface area contributed by atoms with Crippen LogP contribution < -0.4 is 14.2 Å². The lowest BCUT2D eigenvalue weighted by Crippen LogP contribution is -2.42. The van der Waals surface area contributed by atoms with E-state index < -0.39 is 0 Å². The summed E-state index contributed by atoms with van der Waals surface area (Å²) in [6.45, 7) is 9.16. The van der Waals surface area contributed by atoms with Gasteiger partial charge in [-0.1, -0.05) is 12.1 Å². The first-order valence-corrected chi connectivity index (χ1v) is 11.6. The second-order valence-electron chi connectivity index (χ2n) is 9.10. The summed E-state index contributed by atoms with van der Waals surface area (Å²) >= 11 is 0. The molecule has 5 nitrogen and oxygen atoms in total. The van der Waals surface area contributed by atoms with Gasteiger partial charge >= 0.3 is 0 Å². The van der Waals surface area contributed by atoms with Crippen molar-refractivity contribution in [3.63, 3.8) is 0 Å². The summed E-state index contributed by atoms with van der Waals surface area (Å²) in [5, 5.41) is 0. The van der Waals surface area contributed by atoms with E-state index in [2.05, 4.69) is 26.8 Å². The highest BCUT2D eigenvalue weighted by Crippen LogP contribution is 2.39. The van der Waals surface area contributed by atoms with Crippen molar-refractivity contribution < 1.29 is 19.0 Å². The molecular weight excluding hydrogens is 426 g/mol. The van der Waals surface area contributed by atoms with E-state index in [1.807, 2.05) is 54.3 Å². The molecule has 1 unspecified atom stereocenters. The predicted molar refractivity (Wildman–Crippen MR) is 134 cm³/mol. The minimum absolute atomic E-state index is 0.0116. The van der Waals surface area contributed by atoms with Crippen LogP contribution in [0.25, 0.3) is 0 Å². The van der Waals surface area contributed by atoms with Crippen LogP contribution in [0, 0.1) is 27.7 Å². The van der Waals surface area contributed by atoms with Crippen LogP contribution >= 0.6 is 0 Å². The van der Waals surface area contributed by atoms with Gasteiger partial charge in [0.25, 0.3) is 5.91 Å². The van der Waals surface area contributed by atoms with E-state index in [9.17, 15) is 4.79 Å². The van der Waals surface area contributed by atoms with Crippen molar-refractivity contribution in [3.8, 4) is 17.2 Å². The third-order valence-electron chi connectivity index (χ3n) is 6.62. The van der Waals surface area contributed by atoms with Gasteiger partial charge in [-0.05, 0) is 104 Å². The fourth-order valence-corrected chi connectivity index (χ4v) is 4.68. The second-order valence-corrected chi connectivity index (χ2v) is 9.10. The maximum absolute atomic E-state index is 13.7. The number of benzene rings is 3. The fraction of sp³-hybridized carbons (Fsp3) is 0.345. The van der Waals surface area contributed by atoms with Crippen molar-refractivity contribution in [1.29, 1.82) is 0 Å². The lowest BCUT2D eigenvalue weighted by molar-refractivity contribution is 0.0589. The number of fused-ring (bicyclic) bond motifs is 1. The zero-order valence-corrected chi connectivity index (χ0v) is 20.9. The van der Waals surface area contributed by atoms with Crippen LogP contribution in [0.2, 0.25) is 0 Å². The Labute approximate surface area is 202 Å². The molecule has 1 aliphatic rings. The van der Waals surface area contributed by atoms with E-state index in [1.165, 1.54) is 5.56 Å². The number of ether oxygens (including phenoxy) is 3. The topological polar surface area (TPSA) is 48.0 Å². The molecule has 0 fully saturated rings. The number of rotatable bonds is 6. The Bertz CT molecular complexity index is 1200. The summed E-state index contributed by atoms with van der Waals surface area (Å²) in [6, 6.07) is 15.8. The lowest BCUT2D eigenvalue weighted by Gasteiger charge is -2.37. The predicted octanol–water partition coefficient (Wildman–Crippen LogP) is 5.76. The number of carbonyl (C=O) groups excluding carboxylic acids is 1. The van der Waals surface area contributed by atoms with E-state index in [0.29, 0.717) is 30.2 Å². The van der Waals surface area contributed by atoms with E-state index in [-0.39, 0.29) is 11.9 Å². The molecular formula is C29H33NO4. The van der Waals surface area contributed by atoms with E-state index in [1.54, 1.807) is 14.2 Å². The Kier molecular flexibility index (Phi) is 6.82. The molecule has 3 aromatic carbocycles. The third kappa shape index (κ3) is 4.74. The molecule has 178 valence electrons. The van der Waals surface area contributed by atoms with Crippen LogP contribution in [0.1, 0.15) is 49.8 Å². The zero-order valence-electron chi connectivity index (χ0n) is 20.9. The van der Waals surface area contributed by atoms with E-state index in [0.717, 1.165) is 40.0 Å². The van der Waals surface area contributed by atoms with Crippen LogP contribution in [0.4, 0.5) is 0 Å². The molecule has 0 N–H and O–H groups in total. The van der Waals surface area contributed by atoms with Gasteiger partial charge in [0.2, 0.25) is 0 Å². The first kappa shape index (κ1) is 23.7. The number of amides is 1. The van der Waals surface area contributed by atoms with Gasteiger partial charge in [0.1, 0.15) is 12.4 Å². The van der Waals surface area contributed by atoms with Crippen LogP contribution in [0.5, 0.6) is 17.2 Å². The number of aryl methyl sites for hydroxylation is 4. The van der Waals surface area contributed by atoms with Crippen LogP contribution in [-0.2, 0) is 6.42 Å². The normalized spacial score (nSPS) is 15.0. The van der Waals surface area contributed by atoms with Gasteiger partial charge in [0.05, 0.1) is 20.3 Å². The van der Waals surface area contributed by atoms with Crippen molar-refractivity contribution in [2.75, 3.05) is 27.4 Å². The lowest BCUT2D eigenvalue weighted by atomic mass is 9.91. The summed E-state index contributed by atoms with van der Waals surface area (Å²) in [5.41, 5.74) is 7.46. The molecule has 0 saturated carbocycles. The summed E-state index contributed by atoms with van der Waals surface area (Å²) in [4.78, 5) is 15.6. The fourth-order valence-electron chi connectivity index (χ4n) is 4.68. The molecule has 5 heteroatoms. The molecule has 0 radical (unpaired) electrons. The highest BCUT2D eigenvalue weighted by atomic mass is 16.5. The van der Waals surface area contributed by atoms with Gasteiger partial charge in [0, 0.05) is 12.1 Å². The number of methoxy groups -OCH3 is 2. The molecule has 3 aromatic rings. The van der Waals surface area contributed by atoms with E-state index in [4.69, 9.17) is 14.2 Å². The van der Waals surface area contributed by atoms with Crippen LogP contribution in [0.15, 0.2) is 48.5 Å². The van der Waals surface area contributed by atoms with Crippen molar-refractivity contribution in [2.24, 2.45) is 0 Å². The number of carbonyl (C=O) groups is 1. The molecule has 1 aliphatic heterocycles. The molecule has 1 heterocycles. The molecule has 1 amide bonds. The maximum atomic E-state index is 13.7. The molecule has 0 aliphatic carbocycles. The number of nitrogens with zero attached hydrogens (tertiary/aromatic N) is 1. The van der Waals surface area contributed by atoms with Crippen LogP contribution in [0.3, 0.4) is 0 Å². The van der Waals surface area contributed by atoms with Gasteiger partial charge in [0.15, 0.2) is 11.5 Å². The van der Waals surface area contributed by atoms with E-state index >= 15 is 0 Å². The van der Waals surface area contributed by atoms with Gasteiger partial charge in [-0.2, -0.15) is 0 Å². The highest BCUT2D eigenvalue weighted by Gasteiger charge is 2.33. The molecule has 0 saturated heterocycles. The Morgan fingerprint density at radius 1 is 0.882 bits per heavy atom. The molecule has 1 atom stereocenters. The average Bonchev–Trinajstić information content (AvgIpc) is 2.82. The largest absolute Gasteiger partial charge is 0.493 e. The first-order valence-electron chi connectivity index (χ1n) is 11.6. The standard InChI is InChI=1S/C29H33NO4/c1-18-11-19(2)13-24(12-18)34-17-26-25-16-28(33-6)27(32-5)15-22(25)9-10-30(26)29(31)23-8-7-20(3)21(4)14-23/h7-8,11-16,26H,9-10,17H2,1-6H3. The maximum Gasteiger partial charge on any atom is 0.254 e.